The van der Waals surface area contributed by atoms with Crippen LogP contribution in [0.3, 0.4) is 0 Å². The molecule has 0 aromatic heterocycles. The first kappa shape index (κ1) is 19.1. The summed E-state index contributed by atoms with van der Waals surface area (Å²) in [5.41, 5.74) is -2.53. The van der Waals surface area contributed by atoms with Crippen LogP contribution >= 0.6 is 0 Å². The van der Waals surface area contributed by atoms with E-state index >= 15 is 0 Å². The van der Waals surface area contributed by atoms with Gasteiger partial charge in [0.2, 0.25) is 0 Å². The SMILES string of the molecule is CCC[C@@H](c1ccc(C(F)(F)F)cc1C(F)(F)F)N1CCNCC1. The van der Waals surface area contributed by atoms with Crippen LogP contribution in [0.25, 0.3) is 0 Å². The van der Waals surface area contributed by atoms with E-state index in [0.29, 0.717) is 39.0 Å². The zero-order valence-electron chi connectivity index (χ0n) is 13.3. The number of hydrogen-bond donors (Lipinski definition) is 1. The number of halogens is 6. The Hall–Kier alpha value is -1.28. The van der Waals surface area contributed by atoms with Gasteiger partial charge in [-0.15, -0.1) is 0 Å². The second kappa shape index (κ2) is 7.31. The van der Waals surface area contributed by atoms with Crippen molar-refractivity contribution in [3.8, 4) is 0 Å². The summed E-state index contributed by atoms with van der Waals surface area (Å²) in [5, 5.41) is 3.12. The Kier molecular flexibility index (Phi) is 5.80. The number of rotatable bonds is 4. The van der Waals surface area contributed by atoms with Crippen molar-refractivity contribution in [2.24, 2.45) is 0 Å². The molecule has 0 saturated carbocycles. The van der Waals surface area contributed by atoms with Crippen LogP contribution in [-0.2, 0) is 12.4 Å². The highest BCUT2D eigenvalue weighted by atomic mass is 19.4. The smallest absolute Gasteiger partial charge is 0.314 e. The molecule has 0 unspecified atom stereocenters. The first-order valence-electron chi connectivity index (χ1n) is 7.87. The quantitative estimate of drug-likeness (QED) is 0.803. The van der Waals surface area contributed by atoms with Gasteiger partial charge in [-0.3, -0.25) is 4.90 Å². The minimum Gasteiger partial charge on any atom is -0.314 e. The number of nitrogens with zero attached hydrogens (tertiary/aromatic N) is 1. The van der Waals surface area contributed by atoms with Crippen molar-refractivity contribution in [1.82, 2.24) is 10.2 Å². The summed E-state index contributed by atoms with van der Waals surface area (Å²) >= 11 is 0. The average molecular weight is 354 g/mol. The van der Waals surface area contributed by atoms with Gasteiger partial charge in [-0.25, -0.2) is 0 Å². The van der Waals surface area contributed by atoms with Gasteiger partial charge in [0.15, 0.2) is 0 Å². The predicted molar refractivity (Wildman–Crippen MR) is 78.5 cm³/mol. The van der Waals surface area contributed by atoms with E-state index in [4.69, 9.17) is 0 Å². The van der Waals surface area contributed by atoms with Gasteiger partial charge in [0, 0.05) is 32.2 Å². The summed E-state index contributed by atoms with van der Waals surface area (Å²) < 4.78 is 78.6. The predicted octanol–water partition coefficient (Wildman–Crippen LogP) is 4.47. The third-order valence-corrected chi connectivity index (χ3v) is 4.20. The van der Waals surface area contributed by atoms with Crippen molar-refractivity contribution in [2.45, 2.75) is 38.2 Å². The molecule has 8 heteroatoms. The molecule has 1 aromatic carbocycles. The molecule has 0 spiro atoms. The van der Waals surface area contributed by atoms with E-state index in [2.05, 4.69) is 5.32 Å². The fraction of sp³-hybridized carbons (Fsp3) is 0.625. The lowest BCUT2D eigenvalue weighted by Gasteiger charge is -2.36. The molecule has 1 aliphatic rings. The van der Waals surface area contributed by atoms with Crippen LogP contribution in [0.15, 0.2) is 18.2 Å². The van der Waals surface area contributed by atoms with Crippen LogP contribution in [0.4, 0.5) is 26.3 Å². The zero-order valence-corrected chi connectivity index (χ0v) is 13.3. The van der Waals surface area contributed by atoms with Gasteiger partial charge in [0.25, 0.3) is 0 Å². The topological polar surface area (TPSA) is 15.3 Å². The highest BCUT2D eigenvalue weighted by Crippen LogP contribution is 2.41. The lowest BCUT2D eigenvalue weighted by Crippen LogP contribution is -2.45. The second-order valence-corrected chi connectivity index (χ2v) is 5.89. The molecule has 1 aliphatic heterocycles. The summed E-state index contributed by atoms with van der Waals surface area (Å²) in [5.74, 6) is 0. The minimum absolute atomic E-state index is 0.0701. The van der Waals surface area contributed by atoms with Crippen molar-refractivity contribution in [3.63, 3.8) is 0 Å². The first-order valence-corrected chi connectivity index (χ1v) is 7.87. The van der Waals surface area contributed by atoms with Crippen LogP contribution in [-0.4, -0.2) is 31.1 Å². The van der Waals surface area contributed by atoms with E-state index in [0.717, 1.165) is 12.1 Å². The van der Waals surface area contributed by atoms with Crippen molar-refractivity contribution < 1.29 is 26.3 Å². The summed E-state index contributed by atoms with van der Waals surface area (Å²) in [7, 11) is 0. The summed E-state index contributed by atoms with van der Waals surface area (Å²) in [6.45, 7) is 4.31. The number of alkyl halides is 6. The Morgan fingerprint density at radius 1 is 1.04 bits per heavy atom. The molecule has 0 bridgehead atoms. The first-order chi connectivity index (χ1) is 11.1. The molecule has 2 rings (SSSR count). The fourth-order valence-electron chi connectivity index (χ4n) is 3.07. The van der Waals surface area contributed by atoms with Gasteiger partial charge < -0.3 is 5.32 Å². The third kappa shape index (κ3) is 4.42. The van der Waals surface area contributed by atoms with Crippen molar-refractivity contribution in [2.75, 3.05) is 26.2 Å². The lowest BCUT2D eigenvalue weighted by atomic mass is 9.93. The van der Waals surface area contributed by atoms with Crippen molar-refractivity contribution in [3.05, 3.63) is 34.9 Å². The molecule has 0 radical (unpaired) electrons. The van der Waals surface area contributed by atoms with E-state index in [1.807, 2.05) is 11.8 Å². The van der Waals surface area contributed by atoms with Gasteiger partial charge in [-0.2, -0.15) is 26.3 Å². The Balaban J connectivity index is 2.48. The minimum atomic E-state index is -4.82. The normalized spacial score (nSPS) is 18.6. The van der Waals surface area contributed by atoms with Crippen LogP contribution in [0, 0.1) is 0 Å². The zero-order chi connectivity index (χ0) is 18.0. The monoisotopic (exact) mass is 354 g/mol. The third-order valence-electron chi connectivity index (χ3n) is 4.20. The van der Waals surface area contributed by atoms with Crippen LogP contribution in [0.2, 0.25) is 0 Å². The Morgan fingerprint density at radius 2 is 1.67 bits per heavy atom. The molecule has 1 fully saturated rings. The molecule has 0 amide bonds. The van der Waals surface area contributed by atoms with Gasteiger partial charge in [0.1, 0.15) is 0 Å². The van der Waals surface area contributed by atoms with Crippen molar-refractivity contribution in [1.29, 1.82) is 0 Å². The molecule has 1 heterocycles. The van der Waals surface area contributed by atoms with Gasteiger partial charge in [-0.1, -0.05) is 19.4 Å². The van der Waals surface area contributed by atoms with E-state index in [9.17, 15) is 26.3 Å². The highest BCUT2D eigenvalue weighted by molar-refractivity contribution is 5.37. The van der Waals surface area contributed by atoms with E-state index in [-0.39, 0.29) is 11.6 Å². The Morgan fingerprint density at radius 3 is 2.17 bits per heavy atom. The molecule has 0 aliphatic carbocycles. The summed E-state index contributed by atoms with van der Waals surface area (Å²) in [6, 6.07) is 1.44. The maximum atomic E-state index is 13.4. The molecular formula is C16H20F6N2. The number of hydrogen-bond acceptors (Lipinski definition) is 2. The molecule has 1 saturated heterocycles. The van der Waals surface area contributed by atoms with Gasteiger partial charge in [0.05, 0.1) is 11.1 Å². The molecule has 24 heavy (non-hydrogen) atoms. The van der Waals surface area contributed by atoms with Crippen LogP contribution in [0.1, 0.15) is 42.5 Å². The standard InChI is InChI=1S/C16H20F6N2/c1-2-3-14(24-8-6-23-7-9-24)12-5-4-11(15(17,18)19)10-13(12)16(20,21)22/h4-5,10,14,23H,2-3,6-9H2,1H3/t14-/m0/s1. The van der Waals surface area contributed by atoms with Gasteiger partial charge >= 0.3 is 12.4 Å². The largest absolute Gasteiger partial charge is 0.416 e. The number of nitrogens with one attached hydrogen (secondary N) is 1. The number of piperazine rings is 1. The molecule has 136 valence electrons. The highest BCUT2D eigenvalue weighted by Gasteiger charge is 2.40. The van der Waals surface area contributed by atoms with Crippen LogP contribution < -0.4 is 5.32 Å². The summed E-state index contributed by atoms with van der Waals surface area (Å²) in [6.07, 6.45) is -8.51. The Labute approximate surface area is 136 Å². The molecule has 1 N–H and O–H groups in total. The second-order valence-electron chi connectivity index (χ2n) is 5.89. The fourth-order valence-corrected chi connectivity index (χ4v) is 3.07. The molecule has 1 aromatic rings. The van der Waals surface area contributed by atoms with E-state index in [1.54, 1.807) is 0 Å². The maximum absolute atomic E-state index is 13.4. The van der Waals surface area contributed by atoms with E-state index in [1.165, 1.54) is 0 Å². The Bertz CT molecular complexity index is 546. The van der Waals surface area contributed by atoms with E-state index < -0.39 is 29.5 Å². The number of benzene rings is 1. The maximum Gasteiger partial charge on any atom is 0.416 e. The molecule has 2 nitrogen and oxygen atoms in total. The van der Waals surface area contributed by atoms with Crippen molar-refractivity contribution >= 4 is 0 Å². The summed E-state index contributed by atoms with van der Waals surface area (Å²) in [4.78, 5) is 1.91. The average Bonchev–Trinajstić information content (AvgIpc) is 2.51. The van der Waals surface area contributed by atoms with Crippen LogP contribution in [0.5, 0.6) is 0 Å². The van der Waals surface area contributed by atoms with Gasteiger partial charge in [-0.05, 0) is 24.1 Å². The molecular weight excluding hydrogens is 334 g/mol. The molecule has 1 atom stereocenters. The lowest BCUT2D eigenvalue weighted by molar-refractivity contribution is -0.143.